The summed E-state index contributed by atoms with van der Waals surface area (Å²) in [7, 11) is -4.67. The predicted molar refractivity (Wildman–Crippen MR) is 131 cm³/mol. The molecule has 0 saturated heterocycles. The van der Waals surface area contributed by atoms with Gasteiger partial charge in [0.1, 0.15) is 0 Å². The standard InChI is InChI=1S/C12H14N2.C12H12N2.H2O4S.O.V/c2*1-9-3-5-13-11(7-9)12-8-10(2)4-6-14-12;1-5(2,3)4;;/h3,5,7-8H,4,6H2,1-2H3;3-8H,1-2H3;(H2,1,2,3,4);;. The van der Waals surface area contributed by atoms with Gasteiger partial charge in [-0.1, -0.05) is 5.57 Å². The fraction of sp³-hybridized carbons (Fsp3) is 0.250. The van der Waals surface area contributed by atoms with Gasteiger partial charge >= 0.3 is 31.4 Å². The van der Waals surface area contributed by atoms with Crippen LogP contribution in [0.2, 0.25) is 0 Å². The molecule has 0 spiro atoms. The SMILES string of the molecule is CC1=CC(c2cc(C)ccn2)=NCC1.Cc1ccnc(-c2cc(C)ccn2)c1.O=S(=O)(O)O.[O]=[V]. The second-order valence-electron chi connectivity index (χ2n) is 7.61. The quantitative estimate of drug-likeness (QED) is 0.456. The summed E-state index contributed by atoms with van der Waals surface area (Å²) in [6, 6.07) is 12.1. The number of pyridine rings is 3. The molecule has 0 atom stereocenters. The van der Waals surface area contributed by atoms with Crippen molar-refractivity contribution in [2.45, 2.75) is 34.1 Å². The third-order valence-electron chi connectivity index (χ3n) is 4.44. The van der Waals surface area contributed by atoms with Crippen molar-refractivity contribution >= 4 is 16.1 Å². The Bertz CT molecular complexity index is 1230. The number of hydrogen-bond donors (Lipinski definition) is 2. The molecule has 0 amide bonds. The average molecular weight is 536 g/mol. The Balaban J connectivity index is 0.000000279. The summed E-state index contributed by atoms with van der Waals surface area (Å²) < 4.78 is 39.8. The molecule has 185 valence electrons. The van der Waals surface area contributed by atoms with Gasteiger partial charge in [0.25, 0.3) is 0 Å². The molecule has 2 N–H and O–H groups in total. The van der Waals surface area contributed by atoms with E-state index in [1.54, 1.807) is 0 Å². The van der Waals surface area contributed by atoms with E-state index in [-0.39, 0.29) is 0 Å². The summed E-state index contributed by atoms with van der Waals surface area (Å²) in [5.74, 6) is 0. The number of nitrogens with zero attached hydrogens (tertiary/aromatic N) is 4. The molecule has 0 bridgehead atoms. The van der Waals surface area contributed by atoms with Crippen LogP contribution in [0.4, 0.5) is 0 Å². The van der Waals surface area contributed by atoms with Crippen molar-refractivity contribution in [1.29, 1.82) is 0 Å². The van der Waals surface area contributed by atoms with E-state index >= 15 is 0 Å². The number of rotatable bonds is 2. The molecule has 3 aromatic heterocycles. The van der Waals surface area contributed by atoms with E-state index in [2.05, 4.69) is 59.8 Å². The van der Waals surface area contributed by atoms with Crippen LogP contribution in [-0.2, 0) is 31.4 Å². The first kappa shape index (κ1) is 30.1. The molecule has 11 heteroatoms. The second kappa shape index (κ2) is 15.2. The molecule has 0 unspecified atom stereocenters. The molecule has 0 aliphatic carbocycles. The van der Waals surface area contributed by atoms with Gasteiger partial charge in [-0.05, 0) is 93.3 Å². The first-order valence-corrected chi connectivity index (χ1v) is 12.4. The van der Waals surface area contributed by atoms with E-state index in [0.717, 1.165) is 53.1 Å². The molecule has 1 aliphatic rings. The molecule has 4 heterocycles. The Morgan fingerprint density at radius 2 is 1.11 bits per heavy atom. The normalized spacial score (nSPS) is 12.3. The van der Waals surface area contributed by atoms with Crippen molar-refractivity contribution < 1.29 is 38.6 Å². The topological polar surface area (TPSA) is 143 Å². The van der Waals surface area contributed by atoms with E-state index < -0.39 is 10.4 Å². The summed E-state index contributed by atoms with van der Waals surface area (Å²) in [6.45, 7) is 9.23. The third-order valence-corrected chi connectivity index (χ3v) is 4.44. The number of hydrogen-bond acceptors (Lipinski definition) is 7. The zero-order valence-electron chi connectivity index (χ0n) is 20.0. The van der Waals surface area contributed by atoms with Crippen molar-refractivity contribution in [3.05, 3.63) is 89.0 Å². The van der Waals surface area contributed by atoms with Crippen molar-refractivity contribution in [2.75, 3.05) is 6.54 Å². The predicted octanol–water partition coefficient (Wildman–Crippen LogP) is 4.52. The zero-order valence-corrected chi connectivity index (χ0v) is 22.2. The van der Waals surface area contributed by atoms with Crippen LogP contribution in [-0.4, -0.2) is 44.7 Å². The number of allylic oxidation sites excluding steroid dienone is 1. The average Bonchev–Trinajstić information content (AvgIpc) is 2.80. The molecule has 3 aromatic rings. The Hall–Kier alpha value is -2.89. The maximum atomic E-state index is 8.74. The first-order valence-electron chi connectivity index (χ1n) is 10.4. The van der Waals surface area contributed by atoms with Crippen molar-refractivity contribution in [3.8, 4) is 11.4 Å². The molecule has 0 radical (unpaired) electrons. The van der Waals surface area contributed by atoms with Crippen LogP contribution in [0.15, 0.2) is 71.6 Å². The fourth-order valence-electron chi connectivity index (χ4n) is 2.89. The maximum absolute atomic E-state index is 8.74. The molecule has 0 aromatic carbocycles. The first-order chi connectivity index (χ1) is 16.5. The van der Waals surface area contributed by atoms with E-state index in [1.165, 1.54) is 22.3 Å². The van der Waals surface area contributed by atoms with Gasteiger partial charge in [-0.3, -0.25) is 29.0 Å². The third kappa shape index (κ3) is 13.0. The monoisotopic (exact) mass is 535 g/mol. The van der Waals surface area contributed by atoms with Gasteiger partial charge in [-0.25, -0.2) is 0 Å². The molecular weight excluding hydrogens is 507 g/mol. The van der Waals surface area contributed by atoms with Crippen LogP contribution < -0.4 is 0 Å². The van der Waals surface area contributed by atoms with Crippen LogP contribution in [0.1, 0.15) is 35.7 Å². The van der Waals surface area contributed by atoms with Crippen molar-refractivity contribution in [3.63, 3.8) is 0 Å². The summed E-state index contributed by atoms with van der Waals surface area (Å²) >= 11 is 1.06. The van der Waals surface area contributed by atoms with E-state index in [1.807, 2.05) is 48.9 Å². The molecule has 9 nitrogen and oxygen atoms in total. The van der Waals surface area contributed by atoms with Gasteiger partial charge in [-0.2, -0.15) is 8.42 Å². The van der Waals surface area contributed by atoms with Crippen LogP contribution in [0.25, 0.3) is 11.4 Å². The van der Waals surface area contributed by atoms with Crippen LogP contribution in [0.5, 0.6) is 0 Å². The van der Waals surface area contributed by atoms with Gasteiger partial charge in [0.15, 0.2) is 0 Å². The minimum atomic E-state index is -4.67. The van der Waals surface area contributed by atoms with Crippen LogP contribution in [0, 0.1) is 20.8 Å². The second-order valence-corrected chi connectivity index (χ2v) is 8.51. The van der Waals surface area contributed by atoms with Gasteiger partial charge in [-0.15, -0.1) is 0 Å². The summed E-state index contributed by atoms with van der Waals surface area (Å²) in [4.78, 5) is 17.4. The molecule has 4 rings (SSSR count). The number of aromatic nitrogens is 3. The minimum absolute atomic E-state index is 0.896. The molecule has 0 fully saturated rings. The number of aryl methyl sites for hydroxylation is 3. The molecule has 35 heavy (non-hydrogen) atoms. The van der Waals surface area contributed by atoms with Gasteiger partial charge in [0.2, 0.25) is 0 Å². The summed E-state index contributed by atoms with van der Waals surface area (Å²) in [6.07, 6.45) is 8.68. The molecule has 1 aliphatic heterocycles. The van der Waals surface area contributed by atoms with Crippen molar-refractivity contribution in [1.82, 2.24) is 15.0 Å². The van der Waals surface area contributed by atoms with Gasteiger partial charge in [0.05, 0.1) is 22.8 Å². The Morgan fingerprint density at radius 3 is 1.49 bits per heavy atom. The van der Waals surface area contributed by atoms with Gasteiger partial charge in [0, 0.05) is 25.1 Å². The van der Waals surface area contributed by atoms with Crippen LogP contribution in [0.3, 0.4) is 0 Å². The van der Waals surface area contributed by atoms with E-state index in [0.29, 0.717) is 0 Å². The van der Waals surface area contributed by atoms with Crippen LogP contribution >= 0.6 is 0 Å². The number of dihydropyridines is 1. The van der Waals surface area contributed by atoms with Gasteiger partial charge < -0.3 is 0 Å². The number of aliphatic imine (C=N–C) groups is 1. The Kier molecular flexibility index (Phi) is 13.1. The van der Waals surface area contributed by atoms with E-state index in [9.17, 15) is 0 Å². The van der Waals surface area contributed by atoms with E-state index in [4.69, 9.17) is 21.2 Å². The Labute approximate surface area is 215 Å². The molecular formula is C24H28N4O5SV. The Morgan fingerprint density at radius 1 is 0.743 bits per heavy atom. The summed E-state index contributed by atoms with van der Waals surface area (Å²) in [5, 5.41) is 0. The fourth-order valence-corrected chi connectivity index (χ4v) is 2.89. The zero-order chi connectivity index (χ0) is 26.4. The molecule has 0 saturated carbocycles. The van der Waals surface area contributed by atoms with Crippen molar-refractivity contribution in [2.24, 2.45) is 4.99 Å². The summed E-state index contributed by atoms with van der Waals surface area (Å²) in [5.41, 5.74) is 8.92.